The van der Waals surface area contributed by atoms with Gasteiger partial charge in [0, 0.05) is 23.3 Å². The molecule has 30 heavy (non-hydrogen) atoms. The Balaban J connectivity index is 1.60. The highest BCUT2D eigenvalue weighted by atomic mass is 35.5. The number of benzene rings is 1. The predicted molar refractivity (Wildman–Crippen MR) is 113 cm³/mol. The molecule has 3 heterocycles. The molecule has 0 fully saturated rings. The third-order valence-corrected chi connectivity index (χ3v) is 5.83. The van der Waals surface area contributed by atoms with Crippen molar-refractivity contribution in [2.45, 2.75) is 19.9 Å². The van der Waals surface area contributed by atoms with Crippen LogP contribution in [0.25, 0.3) is 22.5 Å². The van der Waals surface area contributed by atoms with Crippen LogP contribution in [0.2, 0.25) is 5.02 Å². The van der Waals surface area contributed by atoms with Gasteiger partial charge in [0.05, 0.1) is 22.3 Å². The van der Waals surface area contributed by atoms with Crippen molar-refractivity contribution in [1.82, 2.24) is 20.4 Å². The number of nitrogens with one attached hydrogen (secondary N) is 1. The first-order valence-electron chi connectivity index (χ1n) is 9.03. The molecule has 4 rings (SSSR count). The number of rotatable bonds is 5. The van der Waals surface area contributed by atoms with Crippen LogP contribution in [0.5, 0.6) is 0 Å². The first-order chi connectivity index (χ1) is 14.5. The molecule has 0 saturated carbocycles. The number of thiazole rings is 1. The molecular weight excluding hydrogens is 427 g/mol. The van der Waals surface area contributed by atoms with E-state index in [-0.39, 0.29) is 33.6 Å². The number of aryl methyl sites for hydroxylation is 1. The molecule has 4 aromatic rings. The summed E-state index contributed by atoms with van der Waals surface area (Å²) >= 11 is 7.57. The van der Waals surface area contributed by atoms with Gasteiger partial charge in [-0.2, -0.15) is 0 Å². The fourth-order valence-corrected chi connectivity index (χ4v) is 4.09. The summed E-state index contributed by atoms with van der Waals surface area (Å²) in [6.45, 7) is 3.41. The lowest BCUT2D eigenvalue weighted by Gasteiger charge is -2.12. The molecular formula is C21H16ClFN4O2S. The van der Waals surface area contributed by atoms with Gasteiger partial charge in [0.1, 0.15) is 27.8 Å². The highest BCUT2D eigenvalue weighted by Crippen LogP contribution is 2.34. The van der Waals surface area contributed by atoms with Crippen LogP contribution in [0.1, 0.15) is 34.1 Å². The molecule has 1 aromatic carbocycles. The van der Waals surface area contributed by atoms with Gasteiger partial charge in [-0.05, 0) is 38.1 Å². The third-order valence-electron chi connectivity index (χ3n) is 4.49. The molecule has 0 aliphatic rings. The number of pyridine rings is 1. The van der Waals surface area contributed by atoms with Crippen molar-refractivity contribution in [2.75, 3.05) is 0 Å². The Morgan fingerprint density at radius 3 is 2.87 bits per heavy atom. The fourth-order valence-electron chi connectivity index (χ4n) is 3.00. The molecule has 0 spiro atoms. The number of nitrogens with zero attached hydrogens (tertiary/aromatic N) is 3. The number of halogens is 2. The second-order valence-corrected chi connectivity index (χ2v) is 7.86. The molecule has 3 aromatic heterocycles. The van der Waals surface area contributed by atoms with E-state index in [0.717, 1.165) is 16.3 Å². The molecule has 1 N–H and O–H groups in total. The molecule has 6 nitrogen and oxygen atoms in total. The van der Waals surface area contributed by atoms with Gasteiger partial charge in [0.25, 0.3) is 5.91 Å². The van der Waals surface area contributed by atoms with E-state index in [1.165, 1.54) is 29.5 Å². The molecule has 0 saturated heterocycles. The Bertz CT molecular complexity index is 1190. The normalized spacial score (nSPS) is 12.0. The van der Waals surface area contributed by atoms with Crippen molar-refractivity contribution >= 4 is 28.8 Å². The van der Waals surface area contributed by atoms with Crippen LogP contribution in [-0.2, 0) is 0 Å². The molecule has 9 heteroatoms. The maximum absolute atomic E-state index is 14.4. The van der Waals surface area contributed by atoms with Crippen LogP contribution in [-0.4, -0.2) is 21.0 Å². The van der Waals surface area contributed by atoms with E-state index >= 15 is 0 Å². The van der Waals surface area contributed by atoms with E-state index in [2.05, 4.69) is 20.4 Å². The van der Waals surface area contributed by atoms with E-state index in [1.807, 2.05) is 24.4 Å². The molecule has 1 atom stereocenters. The maximum Gasteiger partial charge on any atom is 0.257 e. The van der Waals surface area contributed by atoms with Gasteiger partial charge >= 0.3 is 0 Å². The third kappa shape index (κ3) is 3.83. The zero-order valence-electron chi connectivity index (χ0n) is 16.0. The molecule has 0 aliphatic carbocycles. The number of hydrogen-bond acceptors (Lipinski definition) is 6. The summed E-state index contributed by atoms with van der Waals surface area (Å²) < 4.78 is 19.5. The zero-order chi connectivity index (χ0) is 21.3. The summed E-state index contributed by atoms with van der Waals surface area (Å²) in [4.78, 5) is 21.7. The average Bonchev–Trinajstić information content (AvgIpc) is 3.36. The standard InChI is InChI=1S/C21H16ClFN4O2S/c1-11(21-26-16(10-30-21)13-5-4-8-24-9-13)25-20(28)17-12(2)29-27-19(17)18-14(22)6-3-7-15(18)23/h3-11H,1-2H3,(H,25,28). The summed E-state index contributed by atoms with van der Waals surface area (Å²) in [6, 6.07) is 7.64. The van der Waals surface area contributed by atoms with Crippen LogP contribution in [0.4, 0.5) is 4.39 Å². The summed E-state index contributed by atoms with van der Waals surface area (Å²) in [5.41, 5.74) is 1.91. The summed E-state index contributed by atoms with van der Waals surface area (Å²) in [6.07, 6.45) is 3.42. The predicted octanol–water partition coefficient (Wildman–Crippen LogP) is 5.45. The lowest BCUT2D eigenvalue weighted by molar-refractivity contribution is 0.0939. The van der Waals surface area contributed by atoms with E-state index in [4.69, 9.17) is 16.1 Å². The summed E-state index contributed by atoms with van der Waals surface area (Å²) in [5, 5.41) is 9.53. The first-order valence-corrected chi connectivity index (χ1v) is 10.3. The van der Waals surface area contributed by atoms with E-state index in [9.17, 15) is 9.18 Å². The molecule has 1 unspecified atom stereocenters. The Morgan fingerprint density at radius 1 is 1.30 bits per heavy atom. The Morgan fingerprint density at radius 2 is 2.13 bits per heavy atom. The molecule has 152 valence electrons. The van der Waals surface area contributed by atoms with Gasteiger partial charge in [-0.1, -0.05) is 22.8 Å². The van der Waals surface area contributed by atoms with Crippen LogP contribution in [0, 0.1) is 12.7 Å². The van der Waals surface area contributed by atoms with Crippen molar-refractivity contribution in [3.63, 3.8) is 0 Å². The molecule has 0 radical (unpaired) electrons. The van der Waals surface area contributed by atoms with Gasteiger partial charge < -0.3 is 9.84 Å². The number of aromatic nitrogens is 3. The van der Waals surface area contributed by atoms with Crippen molar-refractivity contribution in [3.8, 4) is 22.5 Å². The minimum absolute atomic E-state index is 0.0296. The van der Waals surface area contributed by atoms with Gasteiger partial charge in [-0.15, -0.1) is 11.3 Å². The van der Waals surface area contributed by atoms with Gasteiger partial charge in [-0.25, -0.2) is 9.37 Å². The van der Waals surface area contributed by atoms with Crippen molar-refractivity contribution in [1.29, 1.82) is 0 Å². The summed E-state index contributed by atoms with van der Waals surface area (Å²) in [5.74, 6) is -0.767. The van der Waals surface area contributed by atoms with Crippen molar-refractivity contribution < 1.29 is 13.7 Å². The second kappa shape index (κ2) is 8.33. The highest BCUT2D eigenvalue weighted by molar-refractivity contribution is 7.10. The molecule has 0 bridgehead atoms. The lowest BCUT2D eigenvalue weighted by atomic mass is 10.0. The Hall–Kier alpha value is -3.10. The van der Waals surface area contributed by atoms with Crippen molar-refractivity contribution in [2.24, 2.45) is 0 Å². The number of carbonyl (C=O) groups excluding carboxylic acids is 1. The first kappa shape index (κ1) is 20.2. The average molecular weight is 443 g/mol. The molecule has 1 amide bonds. The molecule has 0 aliphatic heterocycles. The number of amides is 1. The van der Waals surface area contributed by atoms with Crippen LogP contribution in [0.3, 0.4) is 0 Å². The van der Waals surface area contributed by atoms with Gasteiger partial charge in [-0.3, -0.25) is 9.78 Å². The van der Waals surface area contributed by atoms with Crippen molar-refractivity contribution in [3.05, 3.63) is 75.3 Å². The largest absolute Gasteiger partial charge is 0.360 e. The Kier molecular flexibility index (Phi) is 5.61. The van der Waals surface area contributed by atoms with E-state index in [0.29, 0.717) is 0 Å². The monoisotopic (exact) mass is 442 g/mol. The van der Waals surface area contributed by atoms with Crippen LogP contribution in [0.15, 0.2) is 52.6 Å². The SMILES string of the molecule is Cc1onc(-c2c(F)cccc2Cl)c1C(=O)NC(C)c1nc(-c2cccnc2)cs1. The number of hydrogen-bond donors (Lipinski definition) is 1. The fraction of sp³-hybridized carbons (Fsp3) is 0.143. The smallest absolute Gasteiger partial charge is 0.257 e. The van der Waals surface area contributed by atoms with E-state index in [1.54, 1.807) is 19.3 Å². The zero-order valence-corrected chi connectivity index (χ0v) is 17.6. The number of carbonyl (C=O) groups is 1. The van der Waals surface area contributed by atoms with E-state index < -0.39 is 11.7 Å². The summed E-state index contributed by atoms with van der Waals surface area (Å²) in [7, 11) is 0. The van der Waals surface area contributed by atoms with Crippen LogP contribution >= 0.6 is 22.9 Å². The Labute approximate surface area is 180 Å². The second-order valence-electron chi connectivity index (χ2n) is 6.57. The minimum atomic E-state index is -0.584. The maximum atomic E-state index is 14.4. The highest BCUT2D eigenvalue weighted by Gasteiger charge is 2.27. The minimum Gasteiger partial charge on any atom is -0.360 e. The van der Waals surface area contributed by atoms with Crippen LogP contribution < -0.4 is 5.32 Å². The van der Waals surface area contributed by atoms with Gasteiger partial charge in [0.2, 0.25) is 0 Å². The lowest BCUT2D eigenvalue weighted by Crippen LogP contribution is -2.27. The topological polar surface area (TPSA) is 80.9 Å². The quantitative estimate of drug-likeness (QED) is 0.444. The van der Waals surface area contributed by atoms with Gasteiger partial charge in [0.15, 0.2) is 0 Å².